The number of nitrogens with zero attached hydrogens (tertiary/aromatic N) is 2. The highest BCUT2D eigenvalue weighted by atomic mass is 15.1. The molecule has 8 aromatic carbocycles. The lowest BCUT2D eigenvalue weighted by Gasteiger charge is -2.28. The quantitative estimate of drug-likeness (QED) is 0.164. The highest BCUT2D eigenvalue weighted by Crippen LogP contribution is 2.46. The summed E-state index contributed by atoms with van der Waals surface area (Å²) in [7, 11) is 0. The highest BCUT2D eigenvalue weighted by molar-refractivity contribution is 6.16. The maximum atomic E-state index is 2.44. The van der Waals surface area contributed by atoms with Crippen LogP contribution < -0.4 is 4.90 Å². The van der Waals surface area contributed by atoms with Gasteiger partial charge in [0.15, 0.2) is 0 Å². The van der Waals surface area contributed by atoms with Gasteiger partial charge in [0.2, 0.25) is 0 Å². The minimum absolute atomic E-state index is 1.10. The molecule has 1 heterocycles. The Kier molecular flexibility index (Phi) is 7.98. The summed E-state index contributed by atoms with van der Waals surface area (Å²) in [5.41, 5.74) is 16.6. The molecule has 52 heavy (non-hydrogen) atoms. The number of para-hydroxylation sites is 2. The number of aryl methyl sites for hydroxylation is 2. The molecule has 248 valence electrons. The van der Waals surface area contributed by atoms with E-state index in [9.17, 15) is 0 Å². The molecule has 2 heteroatoms. The van der Waals surface area contributed by atoms with Gasteiger partial charge in [0.1, 0.15) is 0 Å². The van der Waals surface area contributed by atoms with Crippen LogP contribution in [0.25, 0.3) is 60.9 Å². The van der Waals surface area contributed by atoms with Crippen LogP contribution in [0.15, 0.2) is 194 Å². The molecule has 0 unspecified atom stereocenters. The number of anilines is 3. The molecule has 9 rings (SSSR count). The Morgan fingerprint density at radius 3 is 1.65 bits per heavy atom. The van der Waals surface area contributed by atoms with Crippen LogP contribution in [0.3, 0.4) is 0 Å². The number of rotatable bonds is 7. The Balaban J connectivity index is 1.32. The van der Waals surface area contributed by atoms with E-state index >= 15 is 0 Å². The Hall–Kier alpha value is -6.64. The van der Waals surface area contributed by atoms with Gasteiger partial charge in [-0.05, 0) is 102 Å². The fraction of sp³-hybridized carbons (Fsp3) is 0.0400. The van der Waals surface area contributed by atoms with Crippen molar-refractivity contribution in [2.45, 2.75) is 13.8 Å². The van der Waals surface area contributed by atoms with E-state index in [4.69, 9.17) is 0 Å². The van der Waals surface area contributed by atoms with Crippen molar-refractivity contribution in [1.82, 2.24) is 4.57 Å². The molecule has 0 saturated heterocycles. The highest BCUT2D eigenvalue weighted by Gasteiger charge is 2.22. The van der Waals surface area contributed by atoms with Crippen molar-refractivity contribution in [3.05, 3.63) is 205 Å². The van der Waals surface area contributed by atoms with Crippen molar-refractivity contribution in [3.8, 4) is 39.1 Å². The first kappa shape index (κ1) is 31.3. The van der Waals surface area contributed by atoms with Gasteiger partial charge < -0.3 is 9.47 Å². The maximum absolute atomic E-state index is 2.44. The molecule has 0 amide bonds. The van der Waals surface area contributed by atoms with Crippen LogP contribution in [0, 0.1) is 13.8 Å². The predicted molar refractivity (Wildman–Crippen MR) is 221 cm³/mol. The summed E-state index contributed by atoms with van der Waals surface area (Å²) in [6.45, 7) is 4.33. The summed E-state index contributed by atoms with van der Waals surface area (Å²) in [5.74, 6) is 0. The fourth-order valence-corrected chi connectivity index (χ4v) is 7.69. The summed E-state index contributed by atoms with van der Waals surface area (Å²) >= 11 is 0. The summed E-state index contributed by atoms with van der Waals surface area (Å²) < 4.78 is 2.39. The summed E-state index contributed by atoms with van der Waals surface area (Å²) in [5, 5.41) is 2.44. The second-order valence-corrected chi connectivity index (χ2v) is 13.6. The molecule has 0 aliphatic rings. The molecule has 9 aromatic rings. The predicted octanol–water partition coefficient (Wildman–Crippen LogP) is 13.9. The molecule has 0 saturated carbocycles. The monoisotopic (exact) mass is 666 g/mol. The third-order valence-electron chi connectivity index (χ3n) is 10.1. The second kappa shape index (κ2) is 13.2. The lowest BCUT2D eigenvalue weighted by atomic mass is 9.92. The number of hydrogen-bond donors (Lipinski definition) is 0. The van der Waals surface area contributed by atoms with Crippen LogP contribution in [0.2, 0.25) is 0 Å². The topological polar surface area (TPSA) is 8.17 Å². The molecular weight excluding hydrogens is 629 g/mol. The van der Waals surface area contributed by atoms with Crippen molar-refractivity contribution in [1.29, 1.82) is 0 Å². The van der Waals surface area contributed by atoms with E-state index in [1.54, 1.807) is 0 Å². The van der Waals surface area contributed by atoms with E-state index in [0.717, 1.165) is 22.7 Å². The van der Waals surface area contributed by atoms with Crippen LogP contribution in [0.4, 0.5) is 17.1 Å². The molecule has 0 N–H and O–H groups in total. The Bertz CT molecular complexity index is 2690. The van der Waals surface area contributed by atoms with E-state index in [1.807, 2.05) is 0 Å². The maximum Gasteiger partial charge on any atom is 0.0562 e. The summed E-state index contributed by atoms with van der Waals surface area (Å²) in [6, 6.07) is 70.5. The van der Waals surface area contributed by atoms with Gasteiger partial charge in [-0.15, -0.1) is 0 Å². The largest absolute Gasteiger partial charge is 0.310 e. The first-order valence-electron chi connectivity index (χ1n) is 17.9. The SMILES string of the molecule is Cc1cccc(-c2ccc(N(c3ccc(-c4ccccc4)cc3)c3cccc4c3c3ccccc3n4-c3ccccc3)cc2-c2cccc(C)c2)c1. The second-order valence-electron chi connectivity index (χ2n) is 13.6. The third-order valence-corrected chi connectivity index (χ3v) is 10.1. The molecule has 0 spiro atoms. The van der Waals surface area contributed by atoms with E-state index in [2.05, 4.69) is 217 Å². The van der Waals surface area contributed by atoms with E-state index in [0.29, 0.717) is 0 Å². The number of fused-ring (bicyclic) bond motifs is 3. The molecule has 0 atom stereocenters. The molecule has 2 nitrogen and oxygen atoms in total. The van der Waals surface area contributed by atoms with Crippen molar-refractivity contribution in [3.63, 3.8) is 0 Å². The molecule has 0 bridgehead atoms. The third kappa shape index (κ3) is 5.65. The van der Waals surface area contributed by atoms with E-state index in [1.165, 1.54) is 66.3 Å². The Labute approximate surface area is 305 Å². The molecule has 0 aliphatic carbocycles. The number of benzene rings is 8. The van der Waals surface area contributed by atoms with Gasteiger partial charge in [0.25, 0.3) is 0 Å². The zero-order valence-electron chi connectivity index (χ0n) is 29.4. The average molecular weight is 667 g/mol. The van der Waals surface area contributed by atoms with Gasteiger partial charge in [-0.25, -0.2) is 0 Å². The van der Waals surface area contributed by atoms with Crippen molar-refractivity contribution in [2.75, 3.05) is 4.90 Å². The van der Waals surface area contributed by atoms with Gasteiger partial charge in [0, 0.05) is 27.8 Å². The standard InChI is InChI=1S/C50H38N2/c1-35-14-11-18-39(32-35)44-31-30-43(34-46(44)40-19-12-15-36(2)33-40)51(42-28-26-38(27-29-42)37-16-5-3-6-17-37)48-24-13-25-49-50(48)45-22-9-10-23-47(45)52(49)41-20-7-4-8-21-41/h3-34H,1-2H3. The molecule has 0 fully saturated rings. The molecular formula is C50H38N2. The van der Waals surface area contributed by atoms with Crippen molar-refractivity contribution in [2.24, 2.45) is 0 Å². The molecule has 0 radical (unpaired) electrons. The van der Waals surface area contributed by atoms with Gasteiger partial charge in [-0.3, -0.25) is 0 Å². The van der Waals surface area contributed by atoms with Crippen LogP contribution in [-0.4, -0.2) is 4.57 Å². The zero-order chi connectivity index (χ0) is 35.0. The molecule has 1 aromatic heterocycles. The smallest absolute Gasteiger partial charge is 0.0562 e. The first-order valence-corrected chi connectivity index (χ1v) is 17.9. The van der Waals surface area contributed by atoms with Crippen LogP contribution >= 0.6 is 0 Å². The lowest BCUT2D eigenvalue weighted by molar-refractivity contribution is 1.18. The molecule has 0 aliphatic heterocycles. The van der Waals surface area contributed by atoms with Gasteiger partial charge in [0.05, 0.1) is 16.7 Å². The van der Waals surface area contributed by atoms with E-state index < -0.39 is 0 Å². The fourth-order valence-electron chi connectivity index (χ4n) is 7.69. The van der Waals surface area contributed by atoms with Crippen LogP contribution in [0.5, 0.6) is 0 Å². The average Bonchev–Trinajstić information content (AvgIpc) is 3.54. The minimum atomic E-state index is 1.10. The minimum Gasteiger partial charge on any atom is -0.310 e. The van der Waals surface area contributed by atoms with E-state index in [-0.39, 0.29) is 0 Å². The summed E-state index contributed by atoms with van der Waals surface area (Å²) in [6.07, 6.45) is 0. The van der Waals surface area contributed by atoms with Gasteiger partial charge in [-0.2, -0.15) is 0 Å². The van der Waals surface area contributed by atoms with Crippen LogP contribution in [-0.2, 0) is 0 Å². The van der Waals surface area contributed by atoms with Crippen LogP contribution in [0.1, 0.15) is 11.1 Å². The summed E-state index contributed by atoms with van der Waals surface area (Å²) in [4.78, 5) is 2.44. The number of aromatic nitrogens is 1. The first-order chi connectivity index (χ1) is 25.6. The van der Waals surface area contributed by atoms with Crippen molar-refractivity contribution < 1.29 is 0 Å². The Morgan fingerprint density at radius 2 is 0.942 bits per heavy atom. The zero-order valence-corrected chi connectivity index (χ0v) is 29.4. The normalized spacial score (nSPS) is 11.3. The number of hydrogen-bond acceptors (Lipinski definition) is 1. The lowest BCUT2D eigenvalue weighted by Crippen LogP contribution is -2.11. The van der Waals surface area contributed by atoms with Crippen molar-refractivity contribution >= 4 is 38.9 Å². The Morgan fingerprint density at radius 1 is 0.385 bits per heavy atom. The van der Waals surface area contributed by atoms with Gasteiger partial charge in [-0.1, -0.05) is 151 Å². The van der Waals surface area contributed by atoms with Gasteiger partial charge >= 0.3 is 0 Å².